The summed E-state index contributed by atoms with van der Waals surface area (Å²) in [5, 5.41) is 26.5. The van der Waals surface area contributed by atoms with Crippen LogP contribution in [0.5, 0.6) is 0 Å². The Labute approximate surface area is 171 Å². The van der Waals surface area contributed by atoms with E-state index in [1.807, 2.05) is 6.92 Å². The maximum atomic E-state index is 13.5. The van der Waals surface area contributed by atoms with Crippen LogP contribution in [0.15, 0.2) is 44.3 Å². The lowest BCUT2D eigenvalue weighted by Gasteiger charge is -2.14. The zero-order chi connectivity index (χ0) is 21.0. The number of halogens is 3. The standard InChI is InChI=1S/C17H12F3N5O2S2/c1-2-25-8-15(27-24-25)23-14(26)9-29-16-10(7-21)11(17(18,19)20)6-12(22-16)13-4-3-5-28-13/h3-6,8H,2,9H2,1H3. The second-order valence-corrected chi connectivity index (χ2v) is 7.42. The van der Waals surface area contributed by atoms with E-state index in [1.54, 1.807) is 23.6 Å². The van der Waals surface area contributed by atoms with Crippen molar-refractivity contribution in [1.29, 1.82) is 5.26 Å². The monoisotopic (exact) mass is 439 g/mol. The average molecular weight is 439 g/mol. The van der Waals surface area contributed by atoms with Gasteiger partial charge in [0.15, 0.2) is 6.54 Å². The predicted molar refractivity (Wildman–Crippen MR) is 97.5 cm³/mol. The van der Waals surface area contributed by atoms with E-state index >= 15 is 0 Å². The van der Waals surface area contributed by atoms with Crippen LogP contribution in [0.2, 0.25) is 0 Å². The van der Waals surface area contributed by atoms with Crippen LogP contribution in [-0.4, -0.2) is 21.9 Å². The van der Waals surface area contributed by atoms with Gasteiger partial charge in [0.25, 0.3) is 6.20 Å². The van der Waals surface area contributed by atoms with Crippen molar-refractivity contribution in [2.75, 3.05) is 5.75 Å². The van der Waals surface area contributed by atoms with E-state index in [2.05, 4.69) is 15.2 Å². The third-order valence-electron chi connectivity index (χ3n) is 3.57. The van der Waals surface area contributed by atoms with Gasteiger partial charge in [-0.1, -0.05) is 22.5 Å². The van der Waals surface area contributed by atoms with Crippen molar-refractivity contribution in [2.45, 2.75) is 24.7 Å². The van der Waals surface area contributed by atoms with Crippen LogP contribution in [0, 0.1) is 11.3 Å². The van der Waals surface area contributed by atoms with Crippen LogP contribution in [0.3, 0.4) is 0 Å². The molecule has 12 heteroatoms. The van der Waals surface area contributed by atoms with E-state index < -0.39 is 23.2 Å². The van der Waals surface area contributed by atoms with Crippen molar-refractivity contribution in [3.63, 3.8) is 0 Å². The summed E-state index contributed by atoms with van der Waals surface area (Å²) in [6.07, 6.45) is -3.32. The Hall–Kier alpha value is -2.91. The Bertz CT molecular complexity index is 1070. The minimum Gasteiger partial charge on any atom is -0.861 e. The molecule has 0 unspecified atom stereocenters. The Morgan fingerprint density at radius 2 is 2.28 bits per heavy atom. The number of nitriles is 1. The lowest BCUT2D eigenvalue weighted by molar-refractivity contribution is -0.759. The van der Waals surface area contributed by atoms with Crippen LogP contribution in [0.25, 0.3) is 10.6 Å². The summed E-state index contributed by atoms with van der Waals surface area (Å²) in [6, 6.07) is 5.71. The quantitative estimate of drug-likeness (QED) is 0.253. The second kappa shape index (κ2) is 8.62. The average Bonchev–Trinajstić information content (AvgIpc) is 3.36. The van der Waals surface area contributed by atoms with Gasteiger partial charge in [0.2, 0.25) is 5.27 Å². The summed E-state index contributed by atoms with van der Waals surface area (Å²) in [5.74, 6) is -0.996. The highest BCUT2D eigenvalue weighted by molar-refractivity contribution is 7.99. The number of thiophene rings is 1. The largest absolute Gasteiger partial charge is 0.861 e. The molecule has 0 spiro atoms. The number of aliphatic imine (C=N–C) groups is 1. The zero-order valence-electron chi connectivity index (χ0n) is 14.8. The van der Waals surface area contributed by atoms with Gasteiger partial charge >= 0.3 is 12.1 Å². The fourth-order valence-electron chi connectivity index (χ4n) is 2.26. The minimum absolute atomic E-state index is 0.0192. The number of nitrogens with zero attached hydrogens (tertiary/aromatic N) is 5. The Balaban J connectivity index is 1.93. The molecule has 3 aromatic rings. The second-order valence-electron chi connectivity index (χ2n) is 5.51. The van der Waals surface area contributed by atoms with Gasteiger partial charge < -0.3 is 5.11 Å². The van der Waals surface area contributed by atoms with Crippen molar-refractivity contribution in [3.05, 3.63) is 40.9 Å². The predicted octanol–water partition coefficient (Wildman–Crippen LogP) is 3.18. The third-order valence-corrected chi connectivity index (χ3v) is 5.42. The normalized spacial score (nSPS) is 12.2. The number of hydrogen-bond acceptors (Lipinski definition) is 8. The fraction of sp³-hybridized carbons (Fsp3) is 0.235. The molecule has 0 amide bonds. The van der Waals surface area contributed by atoms with E-state index in [0.717, 1.165) is 6.07 Å². The molecule has 0 aliphatic heterocycles. The van der Waals surface area contributed by atoms with Crippen molar-refractivity contribution in [1.82, 2.24) is 10.3 Å². The summed E-state index contributed by atoms with van der Waals surface area (Å²) in [4.78, 5) is 8.39. The molecule has 0 saturated carbocycles. The van der Waals surface area contributed by atoms with Crippen molar-refractivity contribution >= 4 is 34.9 Å². The molecule has 0 aliphatic carbocycles. The smallest absolute Gasteiger partial charge is 0.417 e. The van der Waals surface area contributed by atoms with Crippen LogP contribution in [-0.2, 0) is 12.7 Å². The molecule has 7 nitrogen and oxygen atoms in total. The van der Waals surface area contributed by atoms with Crippen molar-refractivity contribution < 1.29 is 27.5 Å². The fourth-order valence-corrected chi connectivity index (χ4v) is 3.73. The van der Waals surface area contributed by atoms with E-state index in [9.17, 15) is 23.5 Å². The lowest BCUT2D eigenvalue weighted by Crippen LogP contribution is -2.32. The van der Waals surface area contributed by atoms with Gasteiger partial charge in [-0.3, -0.25) is 4.52 Å². The van der Waals surface area contributed by atoms with Gasteiger partial charge in [-0.15, -0.1) is 11.3 Å². The minimum atomic E-state index is -4.74. The molecule has 0 bridgehead atoms. The first-order valence-corrected chi connectivity index (χ1v) is 9.98. The molecule has 0 aliphatic rings. The molecule has 0 radical (unpaired) electrons. The Morgan fingerprint density at radius 1 is 1.48 bits per heavy atom. The Kier molecular flexibility index (Phi) is 6.19. The third kappa shape index (κ3) is 4.93. The molecule has 0 fully saturated rings. The first-order valence-electron chi connectivity index (χ1n) is 8.11. The number of aryl methyl sites for hydroxylation is 1. The van der Waals surface area contributed by atoms with E-state index in [0.29, 0.717) is 23.2 Å². The summed E-state index contributed by atoms with van der Waals surface area (Å²) >= 11 is 1.93. The van der Waals surface area contributed by atoms with Gasteiger partial charge in [-0.05, 0) is 30.3 Å². The van der Waals surface area contributed by atoms with Crippen LogP contribution < -0.4 is 9.79 Å². The first-order chi connectivity index (χ1) is 13.8. The molecular weight excluding hydrogens is 427 g/mol. The molecule has 0 atom stereocenters. The summed E-state index contributed by atoms with van der Waals surface area (Å²) in [5.41, 5.74) is -1.64. The van der Waals surface area contributed by atoms with Gasteiger partial charge in [-0.2, -0.15) is 18.4 Å². The van der Waals surface area contributed by atoms with Gasteiger partial charge in [0, 0.05) is 5.75 Å². The van der Waals surface area contributed by atoms with E-state index in [-0.39, 0.29) is 22.4 Å². The highest BCUT2D eigenvalue weighted by atomic mass is 32.2. The van der Waals surface area contributed by atoms with Crippen molar-refractivity contribution in [3.8, 4) is 16.6 Å². The van der Waals surface area contributed by atoms with Gasteiger partial charge in [0.1, 0.15) is 11.1 Å². The number of rotatable bonds is 6. The SMILES string of the molecule is CC[n+]1cc(/N=C(/[O-])CSc2nc(-c3cccs3)cc(C(F)(F)F)c2C#N)on1. The number of hydrogen-bond donors (Lipinski definition) is 0. The summed E-state index contributed by atoms with van der Waals surface area (Å²) in [7, 11) is 0. The van der Waals surface area contributed by atoms with E-state index in [4.69, 9.17) is 4.52 Å². The van der Waals surface area contributed by atoms with Crippen LogP contribution in [0.1, 0.15) is 18.1 Å². The maximum absolute atomic E-state index is 13.5. The molecule has 3 rings (SSSR count). The molecule has 3 heterocycles. The first kappa shape index (κ1) is 20.8. The highest BCUT2D eigenvalue weighted by Crippen LogP contribution is 2.38. The molecule has 29 heavy (non-hydrogen) atoms. The highest BCUT2D eigenvalue weighted by Gasteiger charge is 2.36. The topological polar surface area (TPSA) is 102 Å². The molecule has 0 aromatic carbocycles. The van der Waals surface area contributed by atoms with Gasteiger partial charge in [-0.25, -0.2) is 9.98 Å². The molecular formula is C17H12F3N5O2S2. The summed E-state index contributed by atoms with van der Waals surface area (Å²) in [6.45, 7) is 2.34. The molecule has 0 saturated heterocycles. The maximum Gasteiger partial charge on any atom is 0.417 e. The number of thioether (sulfide) groups is 1. The van der Waals surface area contributed by atoms with Crippen LogP contribution in [0.4, 0.5) is 19.1 Å². The van der Waals surface area contributed by atoms with Gasteiger partial charge in [0.05, 0.1) is 21.7 Å². The van der Waals surface area contributed by atoms with E-state index in [1.165, 1.54) is 22.2 Å². The number of alkyl halides is 3. The molecule has 3 aromatic heterocycles. The zero-order valence-corrected chi connectivity index (χ0v) is 16.4. The van der Waals surface area contributed by atoms with Crippen LogP contribution >= 0.6 is 23.1 Å². The molecule has 150 valence electrons. The Morgan fingerprint density at radius 3 is 2.86 bits per heavy atom. The summed E-state index contributed by atoms with van der Waals surface area (Å²) < 4.78 is 46.7. The number of pyridine rings is 1. The molecule has 0 N–H and O–H groups in total. The van der Waals surface area contributed by atoms with Crippen molar-refractivity contribution in [2.24, 2.45) is 4.99 Å². The number of aromatic nitrogens is 3. The lowest BCUT2D eigenvalue weighted by atomic mass is 10.1.